The third kappa shape index (κ3) is 7.80. The van der Waals surface area contributed by atoms with Crippen molar-refractivity contribution in [2.45, 2.75) is 26.4 Å². The van der Waals surface area contributed by atoms with Crippen molar-refractivity contribution < 1.29 is 13.9 Å². The molecule has 7 heteroatoms. The molecule has 0 aliphatic heterocycles. The highest BCUT2D eigenvalue weighted by Crippen LogP contribution is 2.12. The summed E-state index contributed by atoms with van der Waals surface area (Å²) in [7, 11) is 1.63. The number of guanidine groups is 1. The summed E-state index contributed by atoms with van der Waals surface area (Å²) < 4.78 is 24.6. The summed E-state index contributed by atoms with van der Waals surface area (Å²) in [6.45, 7) is 4.74. The maximum absolute atomic E-state index is 14.1. The molecule has 0 saturated heterocycles. The maximum atomic E-state index is 14.1. The van der Waals surface area contributed by atoms with Crippen LogP contribution in [0.4, 0.5) is 4.39 Å². The average molecular weight is 398 g/mol. The van der Waals surface area contributed by atoms with Gasteiger partial charge >= 0.3 is 0 Å². The van der Waals surface area contributed by atoms with Crippen LogP contribution in [0.15, 0.2) is 47.5 Å². The smallest absolute Gasteiger partial charge is 0.191 e. The zero-order chi connectivity index (χ0) is 20.9. The van der Waals surface area contributed by atoms with Gasteiger partial charge in [0.2, 0.25) is 0 Å². The number of nitriles is 1. The molecule has 2 aromatic carbocycles. The van der Waals surface area contributed by atoms with Crippen molar-refractivity contribution in [3.05, 3.63) is 65.0 Å². The molecule has 0 atom stereocenters. The normalized spacial score (nSPS) is 11.0. The van der Waals surface area contributed by atoms with Crippen molar-refractivity contribution in [1.29, 1.82) is 5.26 Å². The number of halogens is 1. The Morgan fingerprint density at radius 2 is 1.97 bits per heavy atom. The monoisotopic (exact) mass is 398 g/mol. The Bertz CT molecular complexity index is 832. The molecule has 0 heterocycles. The molecular weight excluding hydrogens is 371 g/mol. The van der Waals surface area contributed by atoms with Crippen LogP contribution in [0.2, 0.25) is 0 Å². The molecule has 0 amide bonds. The second-order valence-electron chi connectivity index (χ2n) is 6.26. The molecule has 2 rings (SSSR count). The molecule has 0 aliphatic carbocycles. The number of benzene rings is 2. The molecule has 2 aromatic rings. The highest BCUT2D eigenvalue weighted by atomic mass is 19.1. The molecule has 0 aliphatic rings. The minimum absolute atomic E-state index is 0.261. The lowest BCUT2D eigenvalue weighted by Crippen LogP contribution is -2.38. The fraction of sp³-hybridized carbons (Fsp3) is 0.364. The van der Waals surface area contributed by atoms with Gasteiger partial charge in [-0.2, -0.15) is 5.26 Å². The number of methoxy groups -OCH3 is 1. The van der Waals surface area contributed by atoms with Gasteiger partial charge in [-0.3, -0.25) is 0 Å². The van der Waals surface area contributed by atoms with Crippen LogP contribution in [0, 0.1) is 17.1 Å². The molecule has 0 unspecified atom stereocenters. The Morgan fingerprint density at radius 3 is 2.62 bits per heavy atom. The summed E-state index contributed by atoms with van der Waals surface area (Å²) in [5.41, 5.74) is 1.80. The summed E-state index contributed by atoms with van der Waals surface area (Å²) in [4.78, 5) is 4.58. The summed E-state index contributed by atoms with van der Waals surface area (Å²) >= 11 is 0. The van der Waals surface area contributed by atoms with Gasteiger partial charge in [0.25, 0.3) is 0 Å². The van der Waals surface area contributed by atoms with Crippen LogP contribution in [0.5, 0.6) is 5.75 Å². The number of hydrogen-bond donors (Lipinski definition) is 2. The van der Waals surface area contributed by atoms with Gasteiger partial charge in [0, 0.05) is 31.9 Å². The van der Waals surface area contributed by atoms with Crippen LogP contribution in [0.25, 0.3) is 0 Å². The van der Waals surface area contributed by atoms with Gasteiger partial charge in [-0.1, -0.05) is 18.2 Å². The molecule has 6 nitrogen and oxygen atoms in total. The van der Waals surface area contributed by atoms with E-state index in [4.69, 9.17) is 14.7 Å². The van der Waals surface area contributed by atoms with Gasteiger partial charge in [0.15, 0.2) is 5.96 Å². The topological polar surface area (TPSA) is 78.7 Å². The summed E-state index contributed by atoms with van der Waals surface area (Å²) in [6, 6.07) is 14.1. The minimum atomic E-state index is -0.414. The van der Waals surface area contributed by atoms with E-state index in [1.807, 2.05) is 37.3 Å². The van der Waals surface area contributed by atoms with E-state index in [9.17, 15) is 4.39 Å². The molecule has 0 radical (unpaired) electrons. The van der Waals surface area contributed by atoms with E-state index in [1.165, 1.54) is 6.07 Å². The van der Waals surface area contributed by atoms with E-state index in [0.29, 0.717) is 43.4 Å². The van der Waals surface area contributed by atoms with E-state index in [1.54, 1.807) is 19.2 Å². The molecular formula is C22H27FN4O2. The number of nitrogens with zero attached hydrogens (tertiary/aromatic N) is 2. The number of hydrogen-bond acceptors (Lipinski definition) is 4. The predicted octanol–water partition coefficient (Wildman–Crippen LogP) is 3.37. The van der Waals surface area contributed by atoms with Gasteiger partial charge in [-0.05, 0) is 43.2 Å². The Kier molecular flexibility index (Phi) is 9.46. The maximum Gasteiger partial charge on any atom is 0.191 e. The van der Waals surface area contributed by atoms with Crippen LogP contribution in [0.1, 0.15) is 30.0 Å². The van der Waals surface area contributed by atoms with E-state index >= 15 is 0 Å². The third-order valence-electron chi connectivity index (χ3n) is 4.17. The fourth-order valence-corrected chi connectivity index (χ4v) is 2.54. The predicted molar refractivity (Wildman–Crippen MR) is 111 cm³/mol. The second kappa shape index (κ2) is 12.4. The Morgan fingerprint density at radius 1 is 1.17 bits per heavy atom. The standard InChI is InChI=1S/C22H27FN4O2/c1-3-29-12-4-11-25-22(26-15-17-6-9-20(28-2)10-7-17)27-16-19-8-5-18(14-24)13-21(19)23/h5-10,13H,3-4,11-12,15-16H2,1-2H3,(H2,25,26,27). The van der Waals surface area contributed by atoms with Crippen molar-refractivity contribution in [2.75, 3.05) is 26.9 Å². The SMILES string of the molecule is CCOCCCNC(=NCc1ccc(OC)cc1)NCc1ccc(C#N)cc1F. The lowest BCUT2D eigenvalue weighted by molar-refractivity contribution is 0.145. The second-order valence-corrected chi connectivity index (χ2v) is 6.26. The molecule has 2 N–H and O–H groups in total. The number of aliphatic imine (C=N–C) groups is 1. The van der Waals surface area contributed by atoms with E-state index in [2.05, 4.69) is 15.6 Å². The first kappa shape index (κ1) is 22.2. The van der Waals surface area contributed by atoms with Gasteiger partial charge in [0.1, 0.15) is 11.6 Å². The van der Waals surface area contributed by atoms with Crippen molar-refractivity contribution in [3.63, 3.8) is 0 Å². The zero-order valence-corrected chi connectivity index (χ0v) is 16.9. The minimum Gasteiger partial charge on any atom is -0.497 e. The van der Waals surface area contributed by atoms with Gasteiger partial charge < -0.3 is 20.1 Å². The molecule has 29 heavy (non-hydrogen) atoms. The molecule has 0 spiro atoms. The van der Waals surface area contributed by atoms with Crippen LogP contribution in [-0.2, 0) is 17.8 Å². The number of rotatable bonds is 10. The van der Waals surface area contributed by atoms with Crippen LogP contribution >= 0.6 is 0 Å². The van der Waals surface area contributed by atoms with Crippen LogP contribution in [-0.4, -0.2) is 32.8 Å². The highest BCUT2D eigenvalue weighted by Gasteiger charge is 2.06. The van der Waals surface area contributed by atoms with Gasteiger partial charge in [-0.15, -0.1) is 0 Å². The van der Waals surface area contributed by atoms with E-state index in [0.717, 1.165) is 17.7 Å². The van der Waals surface area contributed by atoms with E-state index < -0.39 is 5.82 Å². The molecule has 0 bridgehead atoms. The van der Waals surface area contributed by atoms with Crippen molar-refractivity contribution in [3.8, 4) is 11.8 Å². The molecule has 0 fully saturated rings. The number of nitrogens with one attached hydrogen (secondary N) is 2. The Hall–Kier alpha value is -3.11. The largest absolute Gasteiger partial charge is 0.497 e. The van der Waals surface area contributed by atoms with Crippen molar-refractivity contribution in [1.82, 2.24) is 10.6 Å². The zero-order valence-electron chi connectivity index (χ0n) is 16.9. The summed E-state index contributed by atoms with van der Waals surface area (Å²) in [5, 5.41) is 15.3. The van der Waals surface area contributed by atoms with Gasteiger partial charge in [0.05, 0.1) is 25.3 Å². The first-order valence-corrected chi connectivity index (χ1v) is 9.57. The first-order valence-electron chi connectivity index (χ1n) is 9.57. The Labute approximate surface area is 171 Å². The number of ether oxygens (including phenoxy) is 2. The Balaban J connectivity index is 2.00. The quantitative estimate of drug-likeness (QED) is 0.364. The lowest BCUT2D eigenvalue weighted by atomic mass is 10.1. The van der Waals surface area contributed by atoms with Crippen LogP contribution < -0.4 is 15.4 Å². The average Bonchev–Trinajstić information content (AvgIpc) is 2.75. The van der Waals surface area contributed by atoms with Gasteiger partial charge in [-0.25, -0.2) is 9.38 Å². The van der Waals surface area contributed by atoms with Crippen molar-refractivity contribution in [2.24, 2.45) is 4.99 Å². The first-order chi connectivity index (χ1) is 14.2. The fourth-order valence-electron chi connectivity index (χ4n) is 2.54. The highest BCUT2D eigenvalue weighted by molar-refractivity contribution is 5.79. The molecule has 154 valence electrons. The third-order valence-corrected chi connectivity index (χ3v) is 4.17. The molecule has 0 aromatic heterocycles. The lowest BCUT2D eigenvalue weighted by Gasteiger charge is -2.13. The summed E-state index contributed by atoms with van der Waals surface area (Å²) in [5.74, 6) is 0.963. The van der Waals surface area contributed by atoms with Crippen LogP contribution in [0.3, 0.4) is 0 Å². The van der Waals surface area contributed by atoms with E-state index in [-0.39, 0.29) is 6.54 Å². The molecule has 0 saturated carbocycles. The summed E-state index contributed by atoms with van der Waals surface area (Å²) in [6.07, 6.45) is 0.836. The van der Waals surface area contributed by atoms with Crippen molar-refractivity contribution >= 4 is 5.96 Å².